The van der Waals surface area contributed by atoms with Crippen molar-refractivity contribution in [1.29, 1.82) is 0 Å². The molecule has 4 rings (SSSR count). The lowest BCUT2D eigenvalue weighted by molar-refractivity contribution is 0.351. The number of nitrogens with one attached hydrogen (secondary N) is 1. The second-order valence-corrected chi connectivity index (χ2v) is 7.04. The first-order valence-corrected chi connectivity index (χ1v) is 8.83. The maximum Gasteiger partial charge on any atom is 0.259 e. The fraction of sp³-hybridized carbons (Fsp3) is 0.0526. The molecule has 2 aromatic carbocycles. The highest BCUT2D eigenvalue weighted by atomic mass is 35.5. The molecule has 7 heteroatoms. The molecule has 0 atom stereocenters. The van der Waals surface area contributed by atoms with Gasteiger partial charge in [0.25, 0.3) is 5.56 Å². The van der Waals surface area contributed by atoms with Gasteiger partial charge < -0.3 is 9.72 Å². The maximum absolute atomic E-state index is 12.3. The lowest BCUT2D eigenvalue weighted by Crippen LogP contribution is -2.11. The normalized spacial score (nSPS) is 14.0. The summed E-state index contributed by atoms with van der Waals surface area (Å²) in [6.45, 7) is 0.359. The first-order valence-electron chi connectivity index (χ1n) is 7.70. The molecule has 1 N–H and O–H groups in total. The van der Waals surface area contributed by atoms with Gasteiger partial charge in [-0.25, -0.2) is 4.98 Å². The molecule has 0 radical (unpaired) electrons. The van der Waals surface area contributed by atoms with E-state index in [9.17, 15) is 4.79 Å². The molecule has 0 bridgehead atoms. The summed E-state index contributed by atoms with van der Waals surface area (Å²) in [5.74, 6) is 1.04. The Hall–Kier alpha value is -2.27. The first-order chi connectivity index (χ1) is 12.5. The number of nitrogens with zero attached hydrogens (tertiary/aromatic N) is 1. The van der Waals surface area contributed by atoms with E-state index in [2.05, 4.69) is 9.97 Å². The van der Waals surface area contributed by atoms with Crippen molar-refractivity contribution in [1.82, 2.24) is 9.97 Å². The van der Waals surface area contributed by atoms with Crippen LogP contribution in [0.2, 0.25) is 10.0 Å². The molecule has 0 amide bonds. The summed E-state index contributed by atoms with van der Waals surface area (Å²) in [7, 11) is 0. The smallest absolute Gasteiger partial charge is 0.259 e. The number of ether oxygens (including phenoxy) is 1. The molecule has 26 heavy (non-hydrogen) atoms. The van der Waals surface area contributed by atoms with Gasteiger partial charge in [0.2, 0.25) is 0 Å². The van der Waals surface area contributed by atoms with Gasteiger partial charge in [0.1, 0.15) is 12.4 Å². The van der Waals surface area contributed by atoms with Gasteiger partial charge >= 0.3 is 0 Å². The van der Waals surface area contributed by atoms with Crippen molar-refractivity contribution < 1.29 is 4.74 Å². The van der Waals surface area contributed by atoms with Crippen LogP contribution in [-0.4, -0.2) is 16.6 Å². The van der Waals surface area contributed by atoms with Crippen molar-refractivity contribution in [3.05, 3.63) is 79.8 Å². The van der Waals surface area contributed by atoms with Crippen LogP contribution in [0.5, 0.6) is 5.75 Å². The molecule has 1 aliphatic heterocycles. The second-order valence-electron chi connectivity index (χ2n) is 5.76. The molecule has 0 fully saturated rings. The Morgan fingerprint density at radius 2 is 1.92 bits per heavy atom. The molecule has 0 saturated carbocycles. The number of benzene rings is 2. The summed E-state index contributed by atoms with van der Waals surface area (Å²) in [5, 5.41) is 1.81. The quantitative estimate of drug-likeness (QED) is 0.630. The van der Waals surface area contributed by atoms with E-state index in [0.29, 0.717) is 32.6 Å². The van der Waals surface area contributed by atoms with Gasteiger partial charge in [-0.2, -0.15) is 0 Å². The topological polar surface area (TPSA) is 55.0 Å². The summed E-state index contributed by atoms with van der Waals surface area (Å²) >= 11 is 18.3. The number of aromatic amines is 1. The van der Waals surface area contributed by atoms with Gasteiger partial charge in [0.05, 0.1) is 15.9 Å². The minimum absolute atomic E-state index is 0.282. The fourth-order valence-corrected chi connectivity index (χ4v) is 3.29. The van der Waals surface area contributed by atoms with Crippen LogP contribution in [-0.2, 0) is 0 Å². The maximum atomic E-state index is 12.3. The second kappa shape index (κ2) is 6.80. The largest absolute Gasteiger partial charge is 0.488 e. The van der Waals surface area contributed by atoms with Gasteiger partial charge in [-0.05, 0) is 54.1 Å². The molecule has 0 spiro atoms. The average Bonchev–Trinajstić information content (AvgIpc) is 2.61. The van der Waals surface area contributed by atoms with Gasteiger partial charge in [-0.3, -0.25) is 4.79 Å². The van der Waals surface area contributed by atoms with Crippen LogP contribution in [0, 0.1) is 0 Å². The van der Waals surface area contributed by atoms with Crippen LogP contribution in [0.1, 0.15) is 11.4 Å². The van der Waals surface area contributed by atoms with Crippen LogP contribution in [0.4, 0.5) is 0 Å². The lowest BCUT2D eigenvalue weighted by atomic mass is 10.1. The third kappa shape index (κ3) is 3.36. The number of rotatable bonds is 2. The predicted molar refractivity (Wildman–Crippen MR) is 106 cm³/mol. The van der Waals surface area contributed by atoms with Crippen molar-refractivity contribution in [3.8, 4) is 5.75 Å². The molecule has 4 nitrogen and oxygen atoms in total. The Morgan fingerprint density at radius 1 is 1.15 bits per heavy atom. The fourth-order valence-electron chi connectivity index (χ4n) is 2.70. The minimum atomic E-state index is -0.301. The molecular weight excluding hydrogens is 395 g/mol. The van der Waals surface area contributed by atoms with Crippen molar-refractivity contribution >= 4 is 56.8 Å². The van der Waals surface area contributed by atoms with Gasteiger partial charge in [-0.1, -0.05) is 34.8 Å². The number of H-pyrrole nitrogens is 1. The van der Waals surface area contributed by atoms with E-state index in [1.807, 2.05) is 18.2 Å². The molecule has 0 saturated heterocycles. The summed E-state index contributed by atoms with van der Waals surface area (Å²) in [4.78, 5) is 19.3. The predicted octanol–water partition coefficient (Wildman–Crippen LogP) is 5.29. The zero-order valence-corrected chi connectivity index (χ0v) is 15.5. The Balaban J connectivity index is 1.74. The standard InChI is InChI=1S/C19H11Cl3N2O2/c20-12-2-4-17-11(7-12)5-10(9-26-17)6-15(22)18-23-16-3-1-13(21)8-14(16)19(25)24-18/h1-8H,9H2,(H,23,24,25)/b15-6+. The number of fused-ring (bicyclic) bond motifs is 2. The molecule has 130 valence electrons. The van der Waals surface area contributed by atoms with E-state index in [1.165, 1.54) is 0 Å². The zero-order valence-electron chi connectivity index (χ0n) is 13.2. The Kier molecular flexibility index (Phi) is 4.49. The van der Waals surface area contributed by atoms with E-state index >= 15 is 0 Å². The number of halogens is 3. The van der Waals surface area contributed by atoms with Crippen LogP contribution >= 0.6 is 34.8 Å². The summed E-state index contributed by atoms with van der Waals surface area (Å²) in [6.07, 6.45) is 3.65. The molecule has 2 heterocycles. The van der Waals surface area contributed by atoms with Crippen LogP contribution in [0.3, 0.4) is 0 Å². The summed E-state index contributed by atoms with van der Waals surface area (Å²) < 4.78 is 5.70. The Labute approximate surface area is 163 Å². The van der Waals surface area contributed by atoms with E-state index < -0.39 is 0 Å². The van der Waals surface area contributed by atoms with Crippen molar-refractivity contribution in [2.24, 2.45) is 0 Å². The molecule has 0 aliphatic carbocycles. The summed E-state index contributed by atoms with van der Waals surface area (Å²) in [6, 6.07) is 10.3. The minimum Gasteiger partial charge on any atom is -0.488 e. The van der Waals surface area contributed by atoms with E-state index in [4.69, 9.17) is 39.5 Å². The Bertz CT molecular complexity index is 1150. The molecule has 0 unspecified atom stereocenters. The number of hydrogen-bond donors (Lipinski definition) is 1. The highest BCUT2D eigenvalue weighted by Crippen LogP contribution is 2.30. The third-order valence-electron chi connectivity index (χ3n) is 3.91. The number of aromatic nitrogens is 2. The molecule has 1 aliphatic rings. The van der Waals surface area contributed by atoms with Crippen molar-refractivity contribution in [2.45, 2.75) is 0 Å². The van der Waals surface area contributed by atoms with Crippen LogP contribution in [0.15, 0.2) is 52.8 Å². The Morgan fingerprint density at radius 3 is 2.77 bits per heavy atom. The van der Waals surface area contributed by atoms with Gasteiger partial charge in [0.15, 0.2) is 5.82 Å². The molecular formula is C19H11Cl3N2O2. The molecule has 1 aromatic heterocycles. The van der Waals surface area contributed by atoms with Crippen LogP contribution < -0.4 is 10.3 Å². The molecule has 3 aromatic rings. The average molecular weight is 406 g/mol. The zero-order chi connectivity index (χ0) is 18.3. The van der Waals surface area contributed by atoms with E-state index in [0.717, 1.165) is 16.9 Å². The van der Waals surface area contributed by atoms with Crippen molar-refractivity contribution in [3.63, 3.8) is 0 Å². The third-order valence-corrected chi connectivity index (χ3v) is 4.67. The monoisotopic (exact) mass is 404 g/mol. The van der Waals surface area contributed by atoms with E-state index in [-0.39, 0.29) is 11.4 Å². The SMILES string of the molecule is O=c1[nH]c(/C(Cl)=C\C2=Cc3cc(Cl)ccc3OC2)nc2ccc(Cl)cc12. The highest BCUT2D eigenvalue weighted by Gasteiger charge is 2.13. The highest BCUT2D eigenvalue weighted by molar-refractivity contribution is 6.48. The van der Waals surface area contributed by atoms with Crippen molar-refractivity contribution in [2.75, 3.05) is 6.61 Å². The van der Waals surface area contributed by atoms with E-state index in [1.54, 1.807) is 30.3 Å². The van der Waals surface area contributed by atoms with Gasteiger partial charge in [0, 0.05) is 15.6 Å². The lowest BCUT2D eigenvalue weighted by Gasteiger charge is -2.16. The van der Waals surface area contributed by atoms with Gasteiger partial charge in [-0.15, -0.1) is 0 Å². The van der Waals surface area contributed by atoms with Crippen LogP contribution in [0.25, 0.3) is 22.0 Å². The summed E-state index contributed by atoms with van der Waals surface area (Å²) in [5.41, 5.74) is 1.92. The first kappa shape index (κ1) is 17.2. The number of hydrogen-bond acceptors (Lipinski definition) is 3.